The van der Waals surface area contributed by atoms with Crippen molar-refractivity contribution in [2.24, 2.45) is 0 Å². The van der Waals surface area contributed by atoms with Gasteiger partial charge >= 0.3 is 5.97 Å². The summed E-state index contributed by atoms with van der Waals surface area (Å²) < 4.78 is 18.0. The summed E-state index contributed by atoms with van der Waals surface area (Å²) in [7, 11) is 1.25. The molecule has 1 aromatic rings. The van der Waals surface area contributed by atoms with Gasteiger partial charge in [0.25, 0.3) is 0 Å². The fourth-order valence-corrected chi connectivity index (χ4v) is 1.51. The molecule has 0 amide bonds. The van der Waals surface area contributed by atoms with Crippen LogP contribution in [0.1, 0.15) is 15.9 Å². The average Bonchev–Trinajstić information content (AvgIpc) is 2.19. The highest BCUT2D eigenvalue weighted by Crippen LogP contribution is 2.29. The number of carbonyl (C=O) groups excluding carboxylic acids is 1. The summed E-state index contributed by atoms with van der Waals surface area (Å²) in [6.07, 6.45) is 0. The first kappa shape index (κ1) is 11.0. The van der Waals surface area contributed by atoms with Gasteiger partial charge in [-0.05, 0) is 34.5 Å². The van der Waals surface area contributed by atoms with E-state index in [1.165, 1.54) is 20.1 Å². The third-order valence-electron chi connectivity index (χ3n) is 1.82. The predicted octanol–water partition coefficient (Wildman–Crippen LogP) is 2.27. The standard InChI is InChI=1S/C9H9BrFNO2/c1-4-3-5(9(13)14-2)6(10)8(12)7(4)11/h3H,12H2,1-2H3. The second kappa shape index (κ2) is 3.96. The van der Waals surface area contributed by atoms with Crippen LogP contribution in [0.3, 0.4) is 0 Å². The van der Waals surface area contributed by atoms with Gasteiger partial charge in [-0.15, -0.1) is 0 Å². The lowest BCUT2D eigenvalue weighted by molar-refractivity contribution is 0.0599. The summed E-state index contributed by atoms with van der Waals surface area (Å²) in [5.41, 5.74) is 5.91. The van der Waals surface area contributed by atoms with Crippen LogP contribution in [0.5, 0.6) is 0 Å². The van der Waals surface area contributed by atoms with Crippen LogP contribution >= 0.6 is 15.9 Å². The first-order valence-corrected chi connectivity index (χ1v) is 4.60. The Hall–Kier alpha value is -1.10. The van der Waals surface area contributed by atoms with Crippen LogP contribution in [-0.4, -0.2) is 13.1 Å². The number of carbonyl (C=O) groups is 1. The van der Waals surface area contributed by atoms with Crippen LogP contribution in [0.25, 0.3) is 0 Å². The van der Waals surface area contributed by atoms with E-state index in [0.717, 1.165) is 0 Å². The van der Waals surface area contributed by atoms with Crippen molar-refractivity contribution in [1.82, 2.24) is 0 Å². The van der Waals surface area contributed by atoms with Gasteiger partial charge in [-0.3, -0.25) is 0 Å². The molecule has 0 aliphatic heterocycles. The highest BCUT2D eigenvalue weighted by Gasteiger charge is 2.17. The van der Waals surface area contributed by atoms with Gasteiger partial charge < -0.3 is 10.5 Å². The Morgan fingerprint density at radius 3 is 2.71 bits per heavy atom. The van der Waals surface area contributed by atoms with Gasteiger partial charge in [0, 0.05) is 0 Å². The summed E-state index contributed by atoms with van der Waals surface area (Å²) in [6, 6.07) is 1.39. The van der Waals surface area contributed by atoms with Gasteiger partial charge in [-0.25, -0.2) is 9.18 Å². The Morgan fingerprint density at radius 1 is 1.64 bits per heavy atom. The van der Waals surface area contributed by atoms with Crippen molar-refractivity contribution < 1.29 is 13.9 Å². The van der Waals surface area contributed by atoms with Gasteiger partial charge in [-0.1, -0.05) is 0 Å². The highest BCUT2D eigenvalue weighted by molar-refractivity contribution is 9.10. The molecule has 0 aliphatic carbocycles. The Morgan fingerprint density at radius 2 is 2.21 bits per heavy atom. The average molecular weight is 262 g/mol. The number of anilines is 1. The molecule has 3 nitrogen and oxygen atoms in total. The molecule has 0 heterocycles. The minimum absolute atomic E-state index is 0.0783. The number of aryl methyl sites for hydroxylation is 1. The van der Waals surface area contributed by atoms with Crippen LogP contribution < -0.4 is 5.73 Å². The van der Waals surface area contributed by atoms with E-state index in [1.54, 1.807) is 0 Å². The highest BCUT2D eigenvalue weighted by atomic mass is 79.9. The number of ether oxygens (including phenoxy) is 1. The van der Waals surface area contributed by atoms with E-state index in [2.05, 4.69) is 20.7 Å². The molecule has 0 unspecified atom stereocenters. The minimum atomic E-state index is -0.549. The lowest BCUT2D eigenvalue weighted by Crippen LogP contribution is -2.06. The molecule has 0 saturated heterocycles. The Bertz CT molecular complexity index is 393. The first-order valence-electron chi connectivity index (χ1n) is 3.81. The molecule has 0 aliphatic rings. The molecule has 2 N–H and O–H groups in total. The number of nitrogen functional groups attached to an aromatic ring is 1. The third kappa shape index (κ3) is 1.72. The molecule has 76 valence electrons. The molecule has 0 atom stereocenters. The molecule has 5 heteroatoms. The maximum absolute atomic E-state index is 13.2. The summed E-state index contributed by atoms with van der Waals surface area (Å²) in [6.45, 7) is 1.53. The number of benzene rings is 1. The van der Waals surface area contributed by atoms with Gasteiger partial charge in [0.05, 0.1) is 22.8 Å². The zero-order valence-electron chi connectivity index (χ0n) is 7.73. The molecule has 0 saturated carbocycles. The van der Waals surface area contributed by atoms with Crippen molar-refractivity contribution in [2.45, 2.75) is 6.92 Å². The van der Waals surface area contributed by atoms with E-state index in [1.807, 2.05) is 0 Å². The van der Waals surface area contributed by atoms with Crippen molar-refractivity contribution in [2.75, 3.05) is 12.8 Å². The maximum Gasteiger partial charge on any atom is 0.339 e. The largest absolute Gasteiger partial charge is 0.465 e. The number of hydrogen-bond donors (Lipinski definition) is 1. The molecule has 0 spiro atoms. The monoisotopic (exact) mass is 261 g/mol. The fraction of sp³-hybridized carbons (Fsp3) is 0.222. The SMILES string of the molecule is COC(=O)c1cc(C)c(F)c(N)c1Br. The minimum Gasteiger partial charge on any atom is -0.465 e. The lowest BCUT2D eigenvalue weighted by Gasteiger charge is -2.08. The predicted molar refractivity (Wildman–Crippen MR) is 54.6 cm³/mol. The summed E-state index contributed by atoms with van der Waals surface area (Å²) in [5, 5.41) is 0. The topological polar surface area (TPSA) is 52.3 Å². The molecule has 0 fully saturated rings. The molecular formula is C9H9BrFNO2. The van der Waals surface area contributed by atoms with Crippen molar-refractivity contribution >= 4 is 27.6 Å². The van der Waals surface area contributed by atoms with E-state index < -0.39 is 11.8 Å². The second-order valence-corrected chi connectivity index (χ2v) is 3.57. The molecule has 1 aromatic carbocycles. The zero-order valence-corrected chi connectivity index (χ0v) is 9.31. The third-order valence-corrected chi connectivity index (χ3v) is 2.68. The summed E-state index contributed by atoms with van der Waals surface area (Å²) in [5.74, 6) is -1.07. The number of nitrogens with two attached hydrogens (primary N) is 1. The van der Waals surface area contributed by atoms with Crippen molar-refractivity contribution in [3.63, 3.8) is 0 Å². The lowest BCUT2D eigenvalue weighted by atomic mass is 10.1. The summed E-state index contributed by atoms with van der Waals surface area (Å²) >= 11 is 3.04. The van der Waals surface area contributed by atoms with E-state index >= 15 is 0 Å². The maximum atomic E-state index is 13.2. The molecule has 0 radical (unpaired) electrons. The van der Waals surface area contributed by atoms with Gasteiger partial charge in [0.15, 0.2) is 0 Å². The van der Waals surface area contributed by atoms with Gasteiger partial charge in [0.1, 0.15) is 5.82 Å². The second-order valence-electron chi connectivity index (χ2n) is 2.77. The fourth-order valence-electron chi connectivity index (χ4n) is 1.06. The zero-order chi connectivity index (χ0) is 10.9. The number of methoxy groups -OCH3 is 1. The van der Waals surface area contributed by atoms with Crippen molar-refractivity contribution in [3.05, 3.63) is 27.5 Å². The number of halogens is 2. The van der Waals surface area contributed by atoms with E-state index in [0.29, 0.717) is 5.56 Å². The molecule has 0 aromatic heterocycles. The normalized spacial score (nSPS) is 10.0. The van der Waals surface area contributed by atoms with E-state index in [-0.39, 0.29) is 15.7 Å². The Balaban J connectivity index is 3.40. The molecular weight excluding hydrogens is 253 g/mol. The van der Waals surface area contributed by atoms with Crippen LogP contribution in [0, 0.1) is 12.7 Å². The molecule has 0 bridgehead atoms. The summed E-state index contributed by atoms with van der Waals surface area (Å²) in [4.78, 5) is 11.2. The van der Waals surface area contributed by atoms with E-state index in [4.69, 9.17) is 5.73 Å². The quantitative estimate of drug-likeness (QED) is 0.623. The smallest absolute Gasteiger partial charge is 0.339 e. The Labute approximate surface area is 89.2 Å². The van der Waals surface area contributed by atoms with Crippen molar-refractivity contribution in [3.8, 4) is 0 Å². The van der Waals surface area contributed by atoms with Crippen LogP contribution in [0.2, 0.25) is 0 Å². The Kier molecular flexibility index (Phi) is 3.10. The van der Waals surface area contributed by atoms with E-state index in [9.17, 15) is 9.18 Å². The molecule has 14 heavy (non-hydrogen) atoms. The first-order chi connectivity index (χ1) is 6.49. The molecule has 1 rings (SSSR count). The van der Waals surface area contributed by atoms with Crippen LogP contribution in [0.15, 0.2) is 10.5 Å². The number of rotatable bonds is 1. The number of hydrogen-bond acceptors (Lipinski definition) is 3. The van der Waals surface area contributed by atoms with Gasteiger partial charge in [0.2, 0.25) is 0 Å². The van der Waals surface area contributed by atoms with Crippen LogP contribution in [-0.2, 0) is 4.74 Å². The van der Waals surface area contributed by atoms with Crippen LogP contribution in [0.4, 0.5) is 10.1 Å². The van der Waals surface area contributed by atoms with Crippen molar-refractivity contribution in [1.29, 1.82) is 0 Å². The van der Waals surface area contributed by atoms with Gasteiger partial charge in [-0.2, -0.15) is 0 Å². The number of esters is 1.